The van der Waals surface area contributed by atoms with Crippen LogP contribution in [0.4, 0.5) is 0 Å². The monoisotopic (exact) mass is 251 g/mol. The highest BCUT2D eigenvalue weighted by Gasteiger charge is 2.37. The quantitative estimate of drug-likeness (QED) is 0.581. The van der Waals surface area contributed by atoms with Crippen molar-refractivity contribution in [2.24, 2.45) is 5.92 Å². The van der Waals surface area contributed by atoms with Gasteiger partial charge in [0.1, 0.15) is 0 Å². The van der Waals surface area contributed by atoms with Crippen molar-refractivity contribution in [2.75, 3.05) is 6.54 Å². The number of hydrogen-bond acceptors (Lipinski definition) is 2. The van der Waals surface area contributed by atoms with Crippen LogP contribution in [0.1, 0.15) is 46.5 Å². The van der Waals surface area contributed by atoms with Crippen LogP contribution < -0.4 is 0 Å². The first kappa shape index (κ1) is 13.3. The summed E-state index contributed by atoms with van der Waals surface area (Å²) in [6.07, 6.45) is 4.17. The minimum atomic E-state index is -3.37. The first-order valence-corrected chi connectivity index (χ1v) is 8.02. The molecule has 0 aliphatic heterocycles. The Morgan fingerprint density at radius 3 is 2.27 bits per heavy atom. The predicted octanol–water partition coefficient (Wildman–Crippen LogP) is 2.45. The average molecular weight is 251 g/mol. The highest BCUT2D eigenvalue weighted by Crippen LogP contribution is 2.35. The summed E-state index contributed by atoms with van der Waals surface area (Å²) in [7, 11) is -3.37. The molecule has 0 aromatic heterocycles. The number of hydrogen-bond donors (Lipinski definition) is 1. The molecule has 0 aromatic carbocycles. The van der Waals surface area contributed by atoms with E-state index in [1.807, 2.05) is 13.8 Å². The van der Waals surface area contributed by atoms with E-state index in [2.05, 4.69) is 18.6 Å². The Balaban J connectivity index is 2.78. The van der Waals surface area contributed by atoms with Gasteiger partial charge < -0.3 is 0 Å². The third-order valence-electron chi connectivity index (χ3n) is 2.94. The summed E-state index contributed by atoms with van der Waals surface area (Å²) < 4.78 is 24.8. The normalized spacial score (nSPS) is 18.5. The molecule has 1 aliphatic carbocycles. The van der Waals surface area contributed by atoms with Gasteiger partial charge >= 0.3 is 0 Å². The third kappa shape index (κ3) is 3.96. The van der Waals surface area contributed by atoms with Crippen molar-refractivity contribution >= 4 is 20.7 Å². The Labute approximate surface area is 98.1 Å². The van der Waals surface area contributed by atoms with E-state index in [0.29, 0.717) is 12.5 Å². The highest BCUT2D eigenvalue weighted by atomic mass is 33.1. The van der Waals surface area contributed by atoms with Gasteiger partial charge in [0.25, 0.3) is 9.06 Å². The molecule has 90 valence electrons. The van der Waals surface area contributed by atoms with Gasteiger partial charge in [-0.1, -0.05) is 13.3 Å². The molecule has 0 radical (unpaired) electrons. The predicted molar refractivity (Wildman–Crippen MR) is 66.3 cm³/mol. The maximum Gasteiger partial charge on any atom is 0.265 e. The Morgan fingerprint density at radius 2 is 1.93 bits per heavy atom. The summed E-state index contributed by atoms with van der Waals surface area (Å²) in [4.78, 5) is 0. The molecule has 0 heterocycles. The zero-order chi connectivity index (χ0) is 11.7. The van der Waals surface area contributed by atoms with Crippen molar-refractivity contribution < 1.29 is 8.42 Å². The van der Waals surface area contributed by atoms with E-state index >= 15 is 0 Å². The van der Waals surface area contributed by atoms with Crippen LogP contribution >= 0.6 is 11.7 Å². The van der Waals surface area contributed by atoms with Crippen LogP contribution in [0.2, 0.25) is 0 Å². The lowest BCUT2D eigenvalue weighted by molar-refractivity contribution is 0.209. The second kappa shape index (κ2) is 4.63. The molecule has 0 bridgehead atoms. The van der Waals surface area contributed by atoms with E-state index in [-0.39, 0.29) is 5.54 Å². The van der Waals surface area contributed by atoms with E-state index in [1.165, 1.54) is 0 Å². The molecule has 1 saturated carbocycles. The molecule has 0 spiro atoms. The maximum absolute atomic E-state index is 11.6. The van der Waals surface area contributed by atoms with Crippen LogP contribution in [0.25, 0.3) is 0 Å². The summed E-state index contributed by atoms with van der Waals surface area (Å²) in [6.45, 7) is 6.67. The molecule has 0 saturated heterocycles. The van der Waals surface area contributed by atoms with Crippen molar-refractivity contribution in [3.63, 3.8) is 0 Å². The van der Waals surface area contributed by atoms with Crippen molar-refractivity contribution in [2.45, 2.75) is 52.0 Å². The van der Waals surface area contributed by atoms with E-state index in [1.54, 1.807) is 4.31 Å². The minimum Gasteiger partial charge on any atom is -0.201 e. The Hall–Kier alpha value is 0.260. The standard InChI is InChI=1S/C10H21NO2S2/c1-4-7-10(2,3)11(15(12,13)14)8-9-5-6-9/h9H,4-8H2,1-3H3,(H,12,13,14). The summed E-state index contributed by atoms with van der Waals surface area (Å²) in [6, 6.07) is 0. The first-order chi connectivity index (χ1) is 6.77. The van der Waals surface area contributed by atoms with Gasteiger partial charge in [-0.2, -0.15) is 4.31 Å². The molecule has 0 unspecified atom stereocenters. The molecular formula is C10H21NO2S2. The number of thiol groups is 1. The van der Waals surface area contributed by atoms with Crippen molar-refractivity contribution in [3.8, 4) is 0 Å². The van der Waals surface area contributed by atoms with Gasteiger partial charge in [-0.25, -0.2) is 8.42 Å². The van der Waals surface area contributed by atoms with E-state index < -0.39 is 9.06 Å². The molecule has 1 rings (SSSR count). The Kier molecular flexibility index (Phi) is 4.12. The highest BCUT2D eigenvalue weighted by molar-refractivity contribution is 8.62. The fourth-order valence-electron chi connectivity index (χ4n) is 1.93. The van der Waals surface area contributed by atoms with E-state index in [9.17, 15) is 8.42 Å². The smallest absolute Gasteiger partial charge is 0.201 e. The fraction of sp³-hybridized carbons (Fsp3) is 1.00. The molecular weight excluding hydrogens is 230 g/mol. The summed E-state index contributed by atoms with van der Waals surface area (Å²) in [5, 5.41) is 0. The SMILES string of the molecule is CCCC(C)(C)N(CC1CC1)S(=O)(=O)S. The lowest BCUT2D eigenvalue weighted by Gasteiger charge is -2.36. The second-order valence-corrected chi connectivity index (χ2v) is 7.74. The largest absolute Gasteiger partial charge is 0.265 e. The molecule has 0 N–H and O–H groups in total. The summed E-state index contributed by atoms with van der Waals surface area (Å²) in [5.41, 5.74) is -0.308. The number of rotatable bonds is 6. The fourth-order valence-corrected chi connectivity index (χ4v) is 3.90. The van der Waals surface area contributed by atoms with Gasteiger partial charge in [0.15, 0.2) is 0 Å². The molecule has 0 amide bonds. The molecule has 1 aliphatic rings. The van der Waals surface area contributed by atoms with Crippen molar-refractivity contribution in [1.29, 1.82) is 0 Å². The van der Waals surface area contributed by atoms with Crippen LogP contribution in [-0.4, -0.2) is 24.8 Å². The van der Waals surface area contributed by atoms with Gasteiger partial charge in [0.2, 0.25) is 0 Å². The van der Waals surface area contributed by atoms with Gasteiger partial charge in [0.05, 0.1) is 0 Å². The third-order valence-corrected chi connectivity index (χ3v) is 4.73. The van der Waals surface area contributed by atoms with Crippen molar-refractivity contribution in [3.05, 3.63) is 0 Å². The Bertz CT molecular complexity index is 307. The molecule has 0 aromatic rings. The average Bonchev–Trinajstić information content (AvgIpc) is 2.80. The van der Waals surface area contributed by atoms with Crippen molar-refractivity contribution in [1.82, 2.24) is 4.31 Å². The van der Waals surface area contributed by atoms with E-state index in [4.69, 9.17) is 0 Å². The molecule has 15 heavy (non-hydrogen) atoms. The maximum atomic E-state index is 11.6. The molecule has 5 heteroatoms. The molecule has 3 nitrogen and oxygen atoms in total. The summed E-state index contributed by atoms with van der Waals surface area (Å²) in [5.74, 6) is 0.558. The van der Waals surface area contributed by atoms with Crippen LogP contribution in [0.15, 0.2) is 0 Å². The van der Waals surface area contributed by atoms with Crippen LogP contribution in [-0.2, 0) is 9.06 Å². The zero-order valence-electron chi connectivity index (χ0n) is 9.73. The Morgan fingerprint density at radius 1 is 1.40 bits per heavy atom. The van der Waals surface area contributed by atoms with Gasteiger partial charge in [0, 0.05) is 12.1 Å². The zero-order valence-corrected chi connectivity index (χ0v) is 11.4. The summed E-state index contributed by atoms with van der Waals surface area (Å²) >= 11 is 3.74. The van der Waals surface area contributed by atoms with Gasteiger partial charge in [-0.05, 0) is 50.7 Å². The lowest BCUT2D eigenvalue weighted by atomic mass is 9.99. The molecule has 0 atom stereocenters. The van der Waals surface area contributed by atoms with Gasteiger partial charge in [-0.3, -0.25) is 0 Å². The minimum absolute atomic E-state index is 0.308. The van der Waals surface area contributed by atoms with E-state index in [0.717, 1.165) is 25.7 Å². The number of nitrogens with zero attached hydrogens (tertiary/aromatic N) is 1. The van der Waals surface area contributed by atoms with Crippen LogP contribution in [0.3, 0.4) is 0 Å². The molecule has 1 fully saturated rings. The van der Waals surface area contributed by atoms with Gasteiger partial charge in [-0.15, -0.1) is 0 Å². The topological polar surface area (TPSA) is 37.4 Å². The first-order valence-electron chi connectivity index (χ1n) is 5.52. The van der Waals surface area contributed by atoms with Crippen LogP contribution in [0.5, 0.6) is 0 Å². The second-order valence-electron chi connectivity index (χ2n) is 5.01. The lowest BCUT2D eigenvalue weighted by Crippen LogP contribution is -2.46. The van der Waals surface area contributed by atoms with Crippen LogP contribution in [0, 0.1) is 5.92 Å².